The molecular weight excluding hydrogens is 764 g/mol. The lowest BCUT2D eigenvalue weighted by Gasteiger charge is -2.46. The molecular formula is C37H38O20. The van der Waals surface area contributed by atoms with Gasteiger partial charge >= 0.3 is 5.97 Å². The molecule has 306 valence electrons. The zero-order valence-corrected chi connectivity index (χ0v) is 29.6. The third kappa shape index (κ3) is 8.25. The van der Waals surface area contributed by atoms with Crippen molar-refractivity contribution in [3.8, 4) is 51.6 Å². The van der Waals surface area contributed by atoms with E-state index in [0.717, 1.165) is 30.3 Å². The van der Waals surface area contributed by atoms with Crippen molar-refractivity contribution in [2.75, 3.05) is 20.3 Å². The fraction of sp³-hybridized carbons (Fsp3) is 0.351. The van der Waals surface area contributed by atoms with Gasteiger partial charge in [0.15, 0.2) is 47.3 Å². The highest BCUT2D eigenvalue weighted by atomic mass is 16.8. The van der Waals surface area contributed by atoms with Crippen molar-refractivity contribution in [2.45, 2.75) is 61.4 Å². The normalized spacial score (nSPS) is 27.7. The molecule has 0 spiro atoms. The number of rotatable bonds is 11. The number of hydrogen-bond donors (Lipinski definition) is 11. The Bertz CT molecular complexity index is 2180. The van der Waals surface area contributed by atoms with E-state index in [1.165, 1.54) is 37.5 Å². The summed E-state index contributed by atoms with van der Waals surface area (Å²) in [6, 6.07) is 9.22. The SMILES string of the molecule is COc1ccc(C=CC(=O)OC2C(OC3C(Oc4c(-c5ccc(O)c(O)c5)oc5cc(O)cc(O)c5c4=O)OC(CO)C(O)C3O)OC(CO)C(O)C2O)cc1O. The predicted molar refractivity (Wildman–Crippen MR) is 189 cm³/mol. The number of benzene rings is 3. The summed E-state index contributed by atoms with van der Waals surface area (Å²) in [5.74, 6) is -4.99. The van der Waals surface area contributed by atoms with Crippen LogP contribution in [0.1, 0.15) is 5.56 Å². The number of fused-ring (bicyclic) bond motifs is 1. The van der Waals surface area contributed by atoms with Gasteiger partial charge < -0.3 is 89.0 Å². The van der Waals surface area contributed by atoms with Crippen molar-refractivity contribution >= 4 is 23.0 Å². The van der Waals surface area contributed by atoms with Crippen LogP contribution in [0.2, 0.25) is 0 Å². The lowest BCUT2D eigenvalue weighted by Crippen LogP contribution is -2.65. The van der Waals surface area contributed by atoms with E-state index in [-0.39, 0.29) is 22.6 Å². The summed E-state index contributed by atoms with van der Waals surface area (Å²) in [6.07, 6.45) is -16.9. The lowest BCUT2D eigenvalue weighted by molar-refractivity contribution is -0.358. The van der Waals surface area contributed by atoms with Crippen LogP contribution in [0, 0.1) is 0 Å². The molecule has 3 heterocycles. The first kappa shape index (κ1) is 41.0. The second-order valence-electron chi connectivity index (χ2n) is 12.9. The molecule has 3 aromatic carbocycles. The van der Waals surface area contributed by atoms with Gasteiger partial charge in [-0.1, -0.05) is 6.07 Å². The lowest BCUT2D eigenvalue weighted by atomic mass is 9.97. The molecule has 1 aromatic heterocycles. The van der Waals surface area contributed by atoms with E-state index in [0.29, 0.717) is 5.56 Å². The van der Waals surface area contributed by atoms with Crippen LogP contribution in [-0.2, 0) is 23.7 Å². The zero-order chi connectivity index (χ0) is 41.3. The van der Waals surface area contributed by atoms with Gasteiger partial charge in [-0.25, -0.2) is 4.79 Å². The number of carbonyl (C=O) groups is 1. The Balaban J connectivity index is 1.38. The Kier molecular flexibility index (Phi) is 12.1. The van der Waals surface area contributed by atoms with Gasteiger partial charge in [0.25, 0.3) is 0 Å². The van der Waals surface area contributed by atoms with Crippen molar-refractivity contribution in [1.82, 2.24) is 0 Å². The highest BCUT2D eigenvalue weighted by Gasteiger charge is 2.53. The summed E-state index contributed by atoms with van der Waals surface area (Å²) in [5.41, 5.74) is -1.28. The summed E-state index contributed by atoms with van der Waals surface area (Å²) < 4.78 is 39.4. The average Bonchev–Trinajstić information content (AvgIpc) is 3.17. The molecule has 0 saturated carbocycles. The summed E-state index contributed by atoms with van der Waals surface area (Å²) in [5, 5.41) is 114. The fourth-order valence-electron chi connectivity index (χ4n) is 6.24. The number of phenols is 5. The highest BCUT2D eigenvalue weighted by Crippen LogP contribution is 2.40. The van der Waals surface area contributed by atoms with Crippen LogP contribution < -0.4 is 14.9 Å². The molecule has 10 atom stereocenters. The van der Waals surface area contributed by atoms with Crippen molar-refractivity contribution in [2.24, 2.45) is 0 Å². The Morgan fingerprint density at radius 2 is 1.42 bits per heavy atom. The molecule has 2 aliphatic rings. The summed E-state index contributed by atoms with van der Waals surface area (Å²) in [7, 11) is 1.34. The number of aliphatic hydroxyl groups excluding tert-OH is 6. The maximum absolute atomic E-state index is 14.0. The molecule has 10 unspecified atom stereocenters. The van der Waals surface area contributed by atoms with Gasteiger partial charge in [-0.15, -0.1) is 0 Å². The Labute approximate surface area is 320 Å². The molecule has 4 aromatic rings. The molecule has 20 nitrogen and oxygen atoms in total. The molecule has 0 radical (unpaired) electrons. The van der Waals surface area contributed by atoms with Crippen molar-refractivity contribution in [3.63, 3.8) is 0 Å². The van der Waals surface area contributed by atoms with Gasteiger partial charge in [0.1, 0.15) is 59.1 Å². The molecule has 6 rings (SSSR count). The first-order valence-corrected chi connectivity index (χ1v) is 17.0. The molecule has 0 bridgehead atoms. The maximum Gasteiger partial charge on any atom is 0.331 e. The Morgan fingerprint density at radius 3 is 2.05 bits per heavy atom. The number of phenolic OH excluding ortho intramolecular Hbond substituents is 5. The van der Waals surface area contributed by atoms with Gasteiger partial charge in [0.2, 0.25) is 17.5 Å². The molecule has 20 heteroatoms. The van der Waals surface area contributed by atoms with Gasteiger partial charge in [-0.3, -0.25) is 4.79 Å². The molecule has 11 N–H and O–H groups in total. The van der Waals surface area contributed by atoms with Crippen molar-refractivity contribution < 1.29 is 93.8 Å². The van der Waals surface area contributed by atoms with E-state index in [4.69, 9.17) is 32.8 Å². The third-order valence-electron chi connectivity index (χ3n) is 9.20. The smallest absolute Gasteiger partial charge is 0.331 e. The van der Waals surface area contributed by atoms with Crippen LogP contribution in [0.15, 0.2) is 63.8 Å². The molecule has 2 fully saturated rings. The topological polar surface area (TPSA) is 325 Å². The highest BCUT2D eigenvalue weighted by molar-refractivity contribution is 5.89. The Hall–Kier alpha value is -5.68. The minimum Gasteiger partial charge on any atom is -0.508 e. The van der Waals surface area contributed by atoms with E-state index < -0.39 is 126 Å². The number of aromatic hydroxyl groups is 5. The van der Waals surface area contributed by atoms with Crippen molar-refractivity contribution in [3.05, 3.63) is 70.4 Å². The van der Waals surface area contributed by atoms with E-state index in [1.807, 2.05) is 0 Å². The largest absolute Gasteiger partial charge is 0.508 e. The van der Waals surface area contributed by atoms with Gasteiger partial charge in [-0.2, -0.15) is 0 Å². The third-order valence-corrected chi connectivity index (χ3v) is 9.20. The second kappa shape index (κ2) is 16.8. The molecule has 0 amide bonds. The number of aliphatic hydroxyl groups is 6. The van der Waals surface area contributed by atoms with Gasteiger partial charge in [-0.05, 0) is 42.0 Å². The second-order valence-corrected chi connectivity index (χ2v) is 12.9. The number of hydrogen-bond acceptors (Lipinski definition) is 20. The monoisotopic (exact) mass is 802 g/mol. The van der Waals surface area contributed by atoms with E-state index in [9.17, 15) is 65.8 Å². The minimum atomic E-state index is -2.08. The average molecular weight is 803 g/mol. The number of esters is 1. The number of methoxy groups -OCH3 is 1. The van der Waals surface area contributed by atoms with Gasteiger partial charge in [0.05, 0.1) is 20.3 Å². The van der Waals surface area contributed by atoms with Crippen LogP contribution in [0.5, 0.6) is 40.2 Å². The molecule has 2 aliphatic heterocycles. The van der Waals surface area contributed by atoms with Gasteiger partial charge in [0, 0.05) is 23.8 Å². The van der Waals surface area contributed by atoms with Crippen LogP contribution in [-0.4, -0.2) is 144 Å². The van der Waals surface area contributed by atoms with Crippen LogP contribution >= 0.6 is 0 Å². The fourth-order valence-corrected chi connectivity index (χ4v) is 6.24. The van der Waals surface area contributed by atoms with E-state index >= 15 is 0 Å². The van der Waals surface area contributed by atoms with E-state index in [2.05, 4.69) is 0 Å². The number of carbonyl (C=O) groups excluding carboxylic acids is 1. The summed E-state index contributed by atoms with van der Waals surface area (Å²) in [6.45, 7) is -1.83. The summed E-state index contributed by atoms with van der Waals surface area (Å²) in [4.78, 5) is 27.0. The quantitative estimate of drug-likeness (QED) is 0.0505. The van der Waals surface area contributed by atoms with E-state index in [1.54, 1.807) is 0 Å². The first-order chi connectivity index (χ1) is 27.1. The Morgan fingerprint density at radius 1 is 0.754 bits per heavy atom. The first-order valence-electron chi connectivity index (χ1n) is 17.0. The molecule has 2 saturated heterocycles. The molecule has 57 heavy (non-hydrogen) atoms. The number of ether oxygens (including phenoxy) is 6. The van der Waals surface area contributed by atoms with Crippen LogP contribution in [0.25, 0.3) is 28.4 Å². The minimum absolute atomic E-state index is 0.113. The molecule has 0 aliphatic carbocycles. The standard InChI is InChI=1S/C37H38O20/c1-51-21-6-2-14(8-19(21)43)3-7-25(45)55-34-30(49)27(46)23(12-38)53-36(34)57-35-31(50)28(47)24(13-39)54-37(35)56-33-29(48)26-20(44)10-16(40)11-22(26)52-32(33)15-4-5-17(41)18(42)9-15/h2-11,23-24,27-28,30-31,34-44,46-47,49-50H,12-13H2,1H3. The predicted octanol–water partition coefficient (Wildman–Crippen LogP) is -0.736. The zero-order valence-electron chi connectivity index (χ0n) is 29.6. The van der Waals surface area contributed by atoms with Crippen LogP contribution in [0.4, 0.5) is 0 Å². The summed E-state index contributed by atoms with van der Waals surface area (Å²) >= 11 is 0. The maximum atomic E-state index is 14.0. The van der Waals surface area contributed by atoms with Crippen molar-refractivity contribution in [1.29, 1.82) is 0 Å². The van der Waals surface area contributed by atoms with Crippen LogP contribution in [0.3, 0.4) is 0 Å².